The summed E-state index contributed by atoms with van der Waals surface area (Å²) in [7, 11) is 0. The van der Waals surface area contributed by atoms with Crippen LogP contribution in [0.25, 0.3) is 0 Å². The van der Waals surface area contributed by atoms with Crippen LogP contribution in [0.4, 0.5) is 17.8 Å². The fourth-order valence-electron chi connectivity index (χ4n) is 1.67. The van der Waals surface area contributed by atoms with Crippen molar-refractivity contribution in [2.75, 3.05) is 28.3 Å². The lowest BCUT2D eigenvalue weighted by atomic mass is 10.1. The van der Waals surface area contributed by atoms with E-state index in [2.05, 4.69) is 20.3 Å². The maximum atomic E-state index is 5.51. The average molecular weight is 240 g/mol. The highest BCUT2D eigenvalue weighted by Gasteiger charge is 2.13. The minimum absolute atomic E-state index is 0.163. The van der Waals surface area contributed by atoms with E-state index >= 15 is 0 Å². The van der Waals surface area contributed by atoms with Crippen molar-refractivity contribution in [3.05, 3.63) is 0 Å². The van der Waals surface area contributed by atoms with Gasteiger partial charge in [-0.05, 0) is 18.6 Å². The van der Waals surface area contributed by atoms with Crippen LogP contribution in [0.1, 0.15) is 19.3 Å². The van der Waals surface area contributed by atoms with Crippen LogP contribution < -0.4 is 16.8 Å². The maximum absolute atomic E-state index is 5.51. The van der Waals surface area contributed by atoms with E-state index in [1.807, 2.05) is 11.8 Å². The van der Waals surface area contributed by atoms with Crippen LogP contribution in [-0.2, 0) is 0 Å². The molecule has 1 aliphatic heterocycles. The molecule has 16 heavy (non-hydrogen) atoms. The molecule has 6 nitrogen and oxygen atoms in total. The minimum atomic E-state index is 0.163. The third-order valence-electron chi connectivity index (χ3n) is 2.41. The molecule has 0 spiro atoms. The van der Waals surface area contributed by atoms with Crippen LogP contribution >= 0.6 is 11.8 Å². The van der Waals surface area contributed by atoms with Crippen LogP contribution in [0.15, 0.2) is 0 Å². The van der Waals surface area contributed by atoms with Crippen molar-refractivity contribution in [2.45, 2.75) is 25.3 Å². The summed E-state index contributed by atoms with van der Waals surface area (Å²) in [6.45, 7) is 0. The Hall–Kier alpha value is -1.24. The van der Waals surface area contributed by atoms with Crippen LogP contribution in [-0.4, -0.2) is 32.5 Å². The van der Waals surface area contributed by atoms with Crippen LogP contribution in [0.2, 0.25) is 0 Å². The highest BCUT2D eigenvalue weighted by atomic mass is 32.2. The van der Waals surface area contributed by atoms with Gasteiger partial charge >= 0.3 is 0 Å². The zero-order valence-corrected chi connectivity index (χ0v) is 9.83. The van der Waals surface area contributed by atoms with Crippen molar-refractivity contribution in [1.29, 1.82) is 0 Å². The molecule has 7 heteroatoms. The molecule has 0 bridgehead atoms. The molecule has 0 aromatic carbocycles. The van der Waals surface area contributed by atoms with Gasteiger partial charge < -0.3 is 16.8 Å². The van der Waals surface area contributed by atoms with Crippen molar-refractivity contribution >= 4 is 29.6 Å². The van der Waals surface area contributed by atoms with E-state index in [9.17, 15) is 0 Å². The monoisotopic (exact) mass is 240 g/mol. The third-order valence-corrected chi connectivity index (χ3v) is 3.63. The number of nitrogens with two attached hydrogens (primary N) is 2. The number of nitrogen functional groups attached to an aromatic ring is 2. The molecule has 0 radical (unpaired) electrons. The lowest BCUT2D eigenvalue weighted by Crippen LogP contribution is -2.23. The first kappa shape index (κ1) is 11.3. The first-order valence-corrected chi connectivity index (χ1v) is 6.51. The van der Waals surface area contributed by atoms with Crippen molar-refractivity contribution < 1.29 is 0 Å². The standard InChI is InChI=1S/C9H16N6S/c10-7-13-8(11)15-9(14-7)12-6-3-1-2-4-16-5-6/h6H,1-5H2,(H5,10,11,12,13,14,15). The summed E-state index contributed by atoms with van der Waals surface area (Å²) in [6, 6.07) is 0.397. The van der Waals surface area contributed by atoms with E-state index in [0.717, 1.165) is 12.2 Å². The Balaban J connectivity index is 2.01. The molecule has 0 saturated carbocycles. The lowest BCUT2D eigenvalue weighted by Gasteiger charge is -2.15. The number of anilines is 3. The fraction of sp³-hybridized carbons (Fsp3) is 0.667. The molecule has 5 N–H and O–H groups in total. The maximum Gasteiger partial charge on any atom is 0.229 e. The summed E-state index contributed by atoms with van der Waals surface area (Å²) in [6.07, 6.45) is 3.66. The summed E-state index contributed by atoms with van der Waals surface area (Å²) < 4.78 is 0. The summed E-state index contributed by atoms with van der Waals surface area (Å²) >= 11 is 1.96. The van der Waals surface area contributed by atoms with Gasteiger partial charge in [0.05, 0.1) is 0 Å². The van der Waals surface area contributed by atoms with Crippen LogP contribution in [0, 0.1) is 0 Å². The van der Waals surface area contributed by atoms with E-state index in [-0.39, 0.29) is 11.9 Å². The van der Waals surface area contributed by atoms with E-state index in [0.29, 0.717) is 12.0 Å². The molecule has 1 fully saturated rings. The van der Waals surface area contributed by atoms with Crippen LogP contribution in [0.3, 0.4) is 0 Å². The Bertz CT molecular complexity index is 330. The number of aromatic nitrogens is 3. The van der Waals surface area contributed by atoms with E-state index in [1.54, 1.807) is 0 Å². The van der Waals surface area contributed by atoms with E-state index in [1.165, 1.54) is 18.6 Å². The number of hydrogen-bond donors (Lipinski definition) is 3. The first-order chi connectivity index (χ1) is 7.74. The number of nitrogens with one attached hydrogen (secondary N) is 1. The van der Waals surface area contributed by atoms with Gasteiger partial charge in [0.25, 0.3) is 0 Å². The van der Waals surface area contributed by atoms with Gasteiger partial charge in [-0.15, -0.1) is 0 Å². The zero-order chi connectivity index (χ0) is 11.4. The smallest absolute Gasteiger partial charge is 0.229 e. The second-order valence-electron chi connectivity index (χ2n) is 3.79. The average Bonchev–Trinajstić information content (AvgIpc) is 2.44. The molecular formula is C9H16N6S. The van der Waals surface area contributed by atoms with Gasteiger partial charge in [-0.1, -0.05) is 6.42 Å². The number of rotatable bonds is 2. The third kappa shape index (κ3) is 3.13. The minimum Gasteiger partial charge on any atom is -0.368 e. The summed E-state index contributed by atoms with van der Waals surface area (Å²) in [5, 5.41) is 3.26. The molecule has 88 valence electrons. The molecule has 1 aromatic rings. The fourth-order valence-corrected chi connectivity index (χ4v) is 2.78. The van der Waals surface area contributed by atoms with E-state index < -0.39 is 0 Å². The lowest BCUT2D eigenvalue weighted by molar-refractivity contribution is 0.662. The van der Waals surface area contributed by atoms with Gasteiger partial charge in [-0.25, -0.2) is 0 Å². The Morgan fingerprint density at radius 3 is 2.62 bits per heavy atom. The highest BCUT2D eigenvalue weighted by Crippen LogP contribution is 2.19. The molecule has 2 rings (SSSR count). The van der Waals surface area contributed by atoms with Gasteiger partial charge in [0.15, 0.2) is 0 Å². The predicted molar refractivity (Wildman–Crippen MR) is 67.2 cm³/mol. The topological polar surface area (TPSA) is 103 Å². The van der Waals surface area contributed by atoms with Gasteiger partial charge in [-0.2, -0.15) is 26.7 Å². The van der Waals surface area contributed by atoms with E-state index in [4.69, 9.17) is 11.5 Å². The summed E-state index contributed by atoms with van der Waals surface area (Å²) in [4.78, 5) is 11.8. The Labute approximate surface area is 98.6 Å². The molecule has 1 aromatic heterocycles. The Morgan fingerprint density at radius 2 is 1.88 bits per heavy atom. The largest absolute Gasteiger partial charge is 0.368 e. The molecule has 0 aliphatic carbocycles. The molecule has 0 amide bonds. The molecule has 2 heterocycles. The zero-order valence-electron chi connectivity index (χ0n) is 9.02. The van der Waals surface area contributed by atoms with Gasteiger partial charge in [0.1, 0.15) is 0 Å². The van der Waals surface area contributed by atoms with Gasteiger partial charge in [-0.3, -0.25) is 0 Å². The number of nitrogens with zero attached hydrogens (tertiary/aromatic N) is 3. The Kier molecular flexibility index (Phi) is 3.66. The van der Waals surface area contributed by atoms with Gasteiger partial charge in [0, 0.05) is 11.8 Å². The van der Waals surface area contributed by atoms with Crippen molar-refractivity contribution in [2.24, 2.45) is 0 Å². The predicted octanol–water partition coefficient (Wildman–Crippen LogP) is 0.734. The highest BCUT2D eigenvalue weighted by molar-refractivity contribution is 7.99. The van der Waals surface area contributed by atoms with Crippen molar-refractivity contribution in [1.82, 2.24) is 15.0 Å². The second-order valence-corrected chi connectivity index (χ2v) is 4.94. The SMILES string of the molecule is Nc1nc(N)nc(NC2CCCCSC2)n1. The normalized spacial score (nSPS) is 21.4. The number of thioether (sulfide) groups is 1. The molecule has 1 aliphatic rings. The summed E-state index contributed by atoms with van der Waals surface area (Å²) in [5.74, 6) is 3.12. The Morgan fingerprint density at radius 1 is 1.12 bits per heavy atom. The first-order valence-electron chi connectivity index (χ1n) is 5.35. The van der Waals surface area contributed by atoms with Crippen molar-refractivity contribution in [3.63, 3.8) is 0 Å². The van der Waals surface area contributed by atoms with Gasteiger partial charge in [0.2, 0.25) is 17.8 Å². The second kappa shape index (κ2) is 5.20. The molecule has 1 unspecified atom stereocenters. The quantitative estimate of drug-likeness (QED) is 0.700. The molecular weight excluding hydrogens is 224 g/mol. The van der Waals surface area contributed by atoms with Crippen LogP contribution in [0.5, 0.6) is 0 Å². The summed E-state index contributed by atoms with van der Waals surface area (Å²) in [5.41, 5.74) is 11.0. The molecule has 1 saturated heterocycles. The molecule has 1 atom stereocenters. The number of hydrogen-bond acceptors (Lipinski definition) is 7. The van der Waals surface area contributed by atoms with Crippen molar-refractivity contribution in [3.8, 4) is 0 Å².